The number of hydrogen-bond donors (Lipinski definition) is 1. The second-order valence-electron chi connectivity index (χ2n) is 6.01. The van der Waals surface area contributed by atoms with E-state index < -0.39 is 0 Å². The molecule has 20 heavy (non-hydrogen) atoms. The lowest BCUT2D eigenvalue weighted by molar-refractivity contribution is 0.0511. The molecule has 4 heteroatoms. The zero-order chi connectivity index (χ0) is 14.9. The van der Waals surface area contributed by atoms with Crippen LogP contribution in [-0.4, -0.2) is 37.0 Å². The third-order valence-corrected chi connectivity index (χ3v) is 4.18. The monoisotopic (exact) mass is 275 g/mol. The summed E-state index contributed by atoms with van der Waals surface area (Å²) >= 11 is 0. The predicted octanol–water partition coefficient (Wildman–Crippen LogP) is 2.74. The molecule has 1 aromatic carbocycles. The van der Waals surface area contributed by atoms with Gasteiger partial charge in [-0.3, -0.25) is 4.79 Å². The molecule has 2 N–H and O–H groups in total. The summed E-state index contributed by atoms with van der Waals surface area (Å²) in [4.78, 5) is 16.7. The van der Waals surface area contributed by atoms with Gasteiger partial charge in [-0.1, -0.05) is 0 Å². The number of nitrogen functional groups attached to an aromatic ring is 1. The molecule has 0 radical (unpaired) electrons. The van der Waals surface area contributed by atoms with Gasteiger partial charge in [0.25, 0.3) is 5.91 Å². The van der Waals surface area contributed by atoms with Crippen molar-refractivity contribution in [3.8, 4) is 0 Å². The van der Waals surface area contributed by atoms with Gasteiger partial charge in [0.05, 0.1) is 11.4 Å². The molecular formula is C16H25N3O. The molecule has 1 aliphatic rings. The highest BCUT2D eigenvalue weighted by molar-refractivity contribution is 5.96. The summed E-state index contributed by atoms with van der Waals surface area (Å²) in [5.41, 5.74) is 8.33. The lowest BCUT2D eigenvalue weighted by Gasteiger charge is -2.39. The van der Waals surface area contributed by atoms with Gasteiger partial charge in [-0.25, -0.2) is 0 Å². The highest BCUT2D eigenvalue weighted by Crippen LogP contribution is 2.27. The molecular weight excluding hydrogens is 250 g/mol. The number of carbonyl (C=O) groups excluding carboxylic acids is 1. The Bertz CT molecular complexity index is 488. The fraction of sp³-hybridized carbons (Fsp3) is 0.562. The number of anilines is 2. The maximum Gasteiger partial charge on any atom is 0.254 e. The summed E-state index contributed by atoms with van der Waals surface area (Å²) < 4.78 is 0. The number of rotatable bonds is 2. The Morgan fingerprint density at radius 3 is 2.35 bits per heavy atom. The maximum absolute atomic E-state index is 12.7. The Kier molecular flexibility index (Phi) is 4.21. The first kappa shape index (κ1) is 14.7. The Balaban J connectivity index is 2.26. The van der Waals surface area contributed by atoms with Gasteiger partial charge in [-0.2, -0.15) is 0 Å². The van der Waals surface area contributed by atoms with E-state index in [4.69, 9.17) is 5.73 Å². The number of nitrogens with two attached hydrogens (primary N) is 1. The van der Waals surface area contributed by atoms with E-state index in [-0.39, 0.29) is 5.91 Å². The Morgan fingerprint density at radius 1 is 1.25 bits per heavy atom. The van der Waals surface area contributed by atoms with Crippen LogP contribution in [0.15, 0.2) is 18.2 Å². The molecule has 1 fully saturated rings. The molecule has 0 aliphatic carbocycles. The number of hydrogen-bond acceptors (Lipinski definition) is 3. The number of nitrogens with zero attached hydrogens (tertiary/aromatic N) is 2. The second-order valence-corrected chi connectivity index (χ2v) is 6.01. The van der Waals surface area contributed by atoms with Crippen molar-refractivity contribution in [3.05, 3.63) is 23.8 Å². The van der Waals surface area contributed by atoms with Crippen LogP contribution in [0.2, 0.25) is 0 Å². The first-order valence-electron chi connectivity index (χ1n) is 7.31. The van der Waals surface area contributed by atoms with Crippen molar-refractivity contribution in [2.75, 3.05) is 24.7 Å². The highest BCUT2D eigenvalue weighted by atomic mass is 16.2. The molecule has 2 atom stereocenters. The molecule has 1 aliphatic heterocycles. The number of carbonyl (C=O) groups is 1. The van der Waals surface area contributed by atoms with Crippen LogP contribution < -0.4 is 10.6 Å². The van der Waals surface area contributed by atoms with Crippen LogP contribution in [0.4, 0.5) is 11.4 Å². The molecule has 2 rings (SSSR count). The molecule has 0 spiro atoms. The van der Waals surface area contributed by atoms with Crippen LogP contribution >= 0.6 is 0 Å². The minimum atomic E-state index is 0.0988. The van der Waals surface area contributed by atoms with Crippen molar-refractivity contribution in [1.29, 1.82) is 0 Å². The summed E-state index contributed by atoms with van der Waals surface area (Å²) in [7, 11) is 3.89. The quantitative estimate of drug-likeness (QED) is 0.844. The van der Waals surface area contributed by atoms with Gasteiger partial charge in [0.15, 0.2) is 0 Å². The largest absolute Gasteiger partial charge is 0.397 e. The number of piperidine rings is 1. The standard InChI is InChI=1S/C16H25N3O/c1-11-6-5-7-12(2)19(11)16(20)13-8-9-15(18(3)4)14(17)10-13/h8-12H,5-7,17H2,1-4H3. The fourth-order valence-corrected chi connectivity index (χ4v) is 3.07. The van der Waals surface area contributed by atoms with Crippen LogP contribution in [0.3, 0.4) is 0 Å². The van der Waals surface area contributed by atoms with Crippen molar-refractivity contribution in [1.82, 2.24) is 4.90 Å². The smallest absolute Gasteiger partial charge is 0.254 e. The van der Waals surface area contributed by atoms with E-state index in [0.29, 0.717) is 23.3 Å². The van der Waals surface area contributed by atoms with Gasteiger partial charge in [0.2, 0.25) is 0 Å². The number of likely N-dealkylation sites (tertiary alicyclic amines) is 1. The van der Waals surface area contributed by atoms with Crippen LogP contribution in [-0.2, 0) is 0 Å². The summed E-state index contributed by atoms with van der Waals surface area (Å²) in [5, 5.41) is 0. The Morgan fingerprint density at radius 2 is 1.85 bits per heavy atom. The summed E-state index contributed by atoms with van der Waals surface area (Å²) in [6.07, 6.45) is 3.37. The number of benzene rings is 1. The molecule has 1 saturated heterocycles. The van der Waals surface area contributed by atoms with Gasteiger partial charge in [-0.05, 0) is 51.3 Å². The molecule has 110 valence electrons. The topological polar surface area (TPSA) is 49.6 Å². The van der Waals surface area contributed by atoms with Gasteiger partial charge < -0.3 is 15.5 Å². The van der Waals surface area contributed by atoms with Crippen molar-refractivity contribution in [2.24, 2.45) is 0 Å². The minimum absolute atomic E-state index is 0.0988. The zero-order valence-electron chi connectivity index (χ0n) is 12.9. The third-order valence-electron chi connectivity index (χ3n) is 4.18. The van der Waals surface area contributed by atoms with Crippen molar-refractivity contribution in [2.45, 2.75) is 45.2 Å². The van der Waals surface area contributed by atoms with E-state index in [2.05, 4.69) is 13.8 Å². The van der Waals surface area contributed by atoms with E-state index in [1.54, 1.807) is 6.07 Å². The van der Waals surface area contributed by atoms with Gasteiger partial charge in [0.1, 0.15) is 0 Å². The highest BCUT2D eigenvalue weighted by Gasteiger charge is 2.29. The molecule has 0 saturated carbocycles. The average molecular weight is 275 g/mol. The fourth-order valence-electron chi connectivity index (χ4n) is 3.07. The van der Waals surface area contributed by atoms with Gasteiger partial charge in [-0.15, -0.1) is 0 Å². The summed E-state index contributed by atoms with van der Waals surface area (Å²) in [6.45, 7) is 4.26. The first-order chi connectivity index (χ1) is 9.41. The maximum atomic E-state index is 12.7. The molecule has 4 nitrogen and oxygen atoms in total. The van der Waals surface area contributed by atoms with Crippen molar-refractivity contribution >= 4 is 17.3 Å². The van der Waals surface area contributed by atoms with Crippen LogP contribution in [0.5, 0.6) is 0 Å². The molecule has 0 aromatic heterocycles. The molecule has 1 amide bonds. The molecule has 0 bridgehead atoms. The second kappa shape index (κ2) is 5.73. The normalized spacial score (nSPS) is 22.7. The Labute approximate surface area is 121 Å². The van der Waals surface area contributed by atoms with E-state index >= 15 is 0 Å². The van der Waals surface area contributed by atoms with Gasteiger partial charge >= 0.3 is 0 Å². The van der Waals surface area contributed by atoms with Crippen molar-refractivity contribution < 1.29 is 4.79 Å². The van der Waals surface area contributed by atoms with Crippen LogP contribution in [0.1, 0.15) is 43.5 Å². The van der Waals surface area contributed by atoms with E-state index in [1.165, 1.54) is 6.42 Å². The summed E-state index contributed by atoms with van der Waals surface area (Å²) in [6, 6.07) is 6.21. The SMILES string of the molecule is CC1CCCC(C)N1C(=O)c1ccc(N(C)C)c(N)c1. The first-order valence-corrected chi connectivity index (χ1v) is 7.31. The van der Waals surface area contributed by atoms with Crippen LogP contribution in [0.25, 0.3) is 0 Å². The van der Waals surface area contributed by atoms with E-state index in [0.717, 1.165) is 18.5 Å². The predicted molar refractivity (Wildman–Crippen MR) is 84.1 cm³/mol. The van der Waals surface area contributed by atoms with Crippen LogP contribution in [0, 0.1) is 0 Å². The van der Waals surface area contributed by atoms with E-state index in [9.17, 15) is 4.79 Å². The Hall–Kier alpha value is -1.71. The lowest BCUT2D eigenvalue weighted by atomic mass is 9.96. The summed E-state index contributed by atoms with van der Waals surface area (Å²) in [5.74, 6) is 0.0988. The van der Waals surface area contributed by atoms with Gasteiger partial charge in [0, 0.05) is 31.7 Å². The van der Waals surface area contributed by atoms with E-state index in [1.807, 2.05) is 36.0 Å². The molecule has 2 unspecified atom stereocenters. The average Bonchev–Trinajstić information content (AvgIpc) is 2.37. The number of amides is 1. The zero-order valence-corrected chi connectivity index (χ0v) is 12.9. The third kappa shape index (κ3) is 2.74. The molecule has 1 heterocycles. The minimum Gasteiger partial charge on any atom is -0.397 e. The lowest BCUT2D eigenvalue weighted by Crippen LogP contribution is -2.47. The van der Waals surface area contributed by atoms with Crippen molar-refractivity contribution in [3.63, 3.8) is 0 Å². The molecule has 1 aromatic rings.